The van der Waals surface area contributed by atoms with Crippen molar-refractivity contribution < 1.29 is 4.74 Å². The van der Waals surface area contributed by atoms with Gasteiger partial charge >= 0.3 is 0 Å². The summed E-state index contributed by atoms with van der Waals surface area (Å²) in [5, 5.41) is 3.10. The van der Waals surface area contributed by atoms with E-state index in [0.717, 1.165) is 29.7 Å². The van der Waals surface area contributed by atoms with E-state index in [0.29, 0.717) is 0 Å². The zero-order valence-corrected chi connectivity index (χ0v) is 7.49. The topological polar surface area (TPSA) is 38.7 Å². The number of rotatable bonds is 2. The monoisotopic (exact) mass is 177 g/mol. The zero-order valence-electron chi connectivity index (χ0n) is 7.49. The smallest absolute Gasteiger partial charge is 0.122 e. The summed E-state index contributed by atoms with van der Waals surface area (Å²) >= 11 is 0. The third kappa shape index (κ3) is 1.20. The van der Waals surface area contributed by atoms with Crippen LogP contribution < -0.4 is 4.74 Å². The van der Waals surface area contributed by atoms with Crippen molar-refractivity contribution in [2.24, 2.45) is 5.18 Å². The summed E-state index contributed by atoms with van der Waals surface area (Å²) in [4.78, 5) is 10.5. The number of nitrogens with zero attached hydrogens (tertiary/aromatic N) is 1. The number of ether oxygens (including phenoxy) is 1. The van der Waals surface area contributed by atoms with Gasteiger partial charge in [0, 0.05) is 0 Å². The highest BCUT2D eigenvalue weighted by molar-refractivity contribution is 5.45. The second-order valence-corrected chi connectivity index (χ2v) is 3.19. The summed E-state index contributed by atoms with van der Waals surface area (Å²) in [6.07, 6.45) is 1.72. The first-order valence-corrected chi connectivity index (χ1v) is 4.35. The molecule has 2 rings (SSSR count). The number of fused-ring (bicyclic) bond motifs is 1. The molecule has 0 bridgehead atoms. The fourth-order valence-corrected chi connectivity index (χ4v) is 1.90. The van der Waals surface area contributed by atoms with Crippen molar-refractivity contribution in [1.29, 1.82) is 0 Å². The van der Waals surface area contributed by atoms with E-state index in [9.17, 15) is 4.91 Å². The van der Waals surface area contributed by atoms with E-state index in [-0.39, 0.29) is 6.04 Å². The summed E-state index contributed by atoms with van der Waals surface area (Å²) in [6, 6.07) is 5.62. The second kappa shape index (κ2) is 3.17. The second-order valence-electron chi connectivity index (χ2n) is 3.19. The highest BCUT2D eigenvalue weighted by Crippen LogP contribution is 2.38. The Morgan fingerprint density at radius 2 is 2.38 bits per heavy atom. The van der Waals surface area contributed by atoms with Crippen molar-refractivity contribution in [3.05, 3.63) is 34.2 Å². The van der Waals surface area contributed by atoms with Gasteiger partial charge in [-0.15, -0.1) is 0 Å². The molecule has 1 aromatic carbocycles. The number of hydrogen-bond acceptors (Lipinski definition) is 3. The molecule has 0 saturated carbocycles. The van der Waals surface area contributed by atoms with E-state index in [1.807, 2.05) is 18.2 Å². The lowest BCUT2D eigenvalue weighted by Gasteiger charge is -2.06. The van der Waals surface area contributed by atoms with Crippen LogP contribution in [0, 0.1) is 4.91 Å². The fraction of sp³-hybridized carbons (Fsp3) is 0.400. The zero-order chi connectivity index (χ0) is 9.26. The van der Waals surface area contributed by atoms with Crippen molar-refractivity contribution in [3.8, 4) is 5.75 Å². The lowest BCUT2D eigenvalue weighted by molar-refractivity contribution is 0.410. The molecule has 0 fully saturated rings. The molecule has 1 aromatic rings. The number of hydrogen-bond donors (Lipinski definition) is 0. The standard InChI is InChI=1S/C10H11NO2/c1-13-10-4-2-3-7-8(10)5-6-9(7)11-12/h2-4,9H,5-6H2,1H3. The molecule has 1 unspecified atom stereocenters. The molecule has 1 atom stereocenters. The Labute approximate surface area is 76.7 Å². The lowest BCUT2D eigenvalue weighted by atomic mass is 10.1. The summed E-state index contributed by atoms with van der Waals surface area (Å²) in [5.41, 5.74) is 2.18. The van der Waals surface area contributed by atoms with Gasteiger partial charge in [0.25, 0.3) is 0 Å². The normalized spacial score (nSPS) is 19.6. The Bertz CT molecular complexity index is 336. The predicted molar refractivity (Wildman–Crippen MR) is 49.9 cm³/mol. The Kier molecular flexibility index (Phi) is 2.00. The van der Waals surface area contributed by atoms with Crippen LogP contribution >= 0.6 is 0 Å². The lowest BCUT2D eigenvalue weighted by Crippen LogP contribution is -1.91. The fourth-order valence-electron chi connectivity index (χ4n) is 1.90. The molecular weight excluding hydrogens is 166 g/mol. The summed E-state index contributed by atoms with van der Waals surface area (Å²) in [7, 11) is 1.65. The van der Waals surface area contributed by atoms with E-state index in [2.05, 4.69) is 5.18 Å². The number of nitroso groups, excluding NO2 is 1. The van der Waals surface area contributed by atoms with Crippen molar-refractivity contribution in [1.82, 2.24) is 0 Å². The molecule has 0 saturated heterocycles. The average molecular weight is 177 g/mol. The van der Waals surface area contributed by atoms with Crippen LogP contribution in [0.1, 0.15) is 23.6 Å². The molecule has 1 aliphatic rings. The number of benzene rings is 1. The van der Waals surface area contributed by atoms with E-state index in [4.69, 9.17) is 4.74 Å². The Morgan fingerprint density at radius 3 is 3.08 bits per heavy atom. The molecule has 13 heavy (non-hydrogen) atoms. The highest BCUT2D eigenvalue weighted by atomic mass is 16.5. The van der Waals surface area contributed by atoms with Crippen molar-refractivity contribution >= 4 is 0 Å². The summed E-state index contributed by atoms with van der Waals surface area (Å²) < 4.78 is 5.21. The van der Waals surface area contributed by atoms with Gasteiger partial charge in [0.1, 0.15) is 11.8 Å². The first-order chi connectivity index (χ1) is 6.36. The minimum absolute atomic E-state index is 0.162. The number of methoxy groups -OCH3 is 1. The van der Waals surface area contributed by atoms with Crippen molar-refractivity contribution in [3.63, 3.8) is 0 Å². The van der Waals surface area contributed by atoms with Gasteiger partial charge in [0.15, 0.2) is 0 Å². The average Bonchev–Trinajstić information content (AvgIpc) is 2.60. The van der Waals surface area contributed by atoms with Gasteiger partial charge in [-0.1, -0.05) is 17.3 Å². The molecule has 0 radical (unpaired) electrons. The molecule has 0 N–H and O–H groups in total. The summed E-state index contributed by atoms with van der Waals surface area (Å²) in [6.45, 7) is 0. The van der Waals surface area contributed by atoms with Gasteiger partial charge < -0.3 is 4.74 Å². The van der Waals surface area contributed by atoms with Crippen LogP contribution in [-0.4, -0.2) is 7.11 Å². The van der Waals surface area contributed by atoms with Gasteiger partial charge in [-0.3, -0.25) is 0 Å². The Morgan fingerprint density at radius 1 is 1.54 bits per heavy atom. The van der Waals surface area contributed by atoms with Gasteiger partial charge in [0.05, 0.1) is 7.11 Å². The largest absolute Gasteiger partial charge is 0.496 e. The van der Waals surface area contributed by atoms with E-state index < -0.39 is 0 Å². The predicted octanol–water partition coefficient (Wildman–Crippen LogP) is 2.45. The van der Waals surface area contributed by atoms with Crippen LogP contribution in [0.3, 0.4) is 0 Å². The van der Waals surface area contributed by atoms with E-state index >= 15 is 0 Å². The minimum atomic E-state index is -0.162. The van der Waals surface area contributed by atoms with Crippen LogP contribution in [0.2, 0.25) is 0 Å². The van der Waals surface area contributed by atoms with E-state index in [1.165, 1.54) is 0 Å². The molecule has 0 heterocycles. The maximum Gasteiger partial charge on any atom is 0.122 e. The maximum atomic E-state index is 10.5. The van der Waals surface area contributed by atoms with Gasteiger partial charge in [-0.2, -0.15) is 4.91 Å². The van der Waals surface area contributed by atoms with E-state index in [1.54, 1.807) is 7.11 Å². The van der Waals surface area contributed by atoms with Crippen LogP contribution in [0.25, 0.3) is 0 Å². The highest BCUT2D eigenvalue weighted by Gasteiger charge is 2.25. The quantitative estimate of drug-likeness (QED) is 0.651. The van der Waals surface area contributed by atoms with Crippen LogP contribution in [0.15, 0.2) is 23.4 Å². The van der Waals surface area contributed by atoms with Crippen LogP contribution in [0.5, 0.6) is 5.75 Å². The molecule has 1 aliphatic carbocycles. The third-order valence-corrected chi connectivity index (χ3v) is 2.54. The molecule has 0 spiro atoms. The molecule has 3 nitrogen and oxygen atoms in total. The Balaban J connectivity index is 2.48. The molecule has 3 heteroatoms. The van der Waals surface area contributed by atoms with Crippen LogP contribution in [0.4, 0.5) is 0 Å². The molecule has 68 valence electrons. The molecule has 0 aliphatic heterocycles. The van der Waals surface area contributed by atoms with Crippen molar-refractivity contribution in [2.75, 3.05) is 7.11 Å². The van der Waals surface area contributed by atoms with Gasteiger partial charge in [-0.25, -0.2) is 0 Å². The third-order valence-electron chi connectivity index (χ3n) is 2.54. The molecular formula is C10H11NO2. The van der Waals surface area contributed by atoms with Crippen LogP contribution in [-0.2, 0) is 6.42 Å². The SMILES string of the molecule is COc1cccc2c1CCC2N=O. The molecule has 0 aromatic heterocycles. The first kappa shape index (κ1) is 8.23. The first-order valence-electron chi connectivity index (χ1n) is 4.35. The Hall–Kier alpha value is -1.38. The van der Waals surface area contributed by atoms with Gasteiger partial charge in [-0.05, 0) is 30.0 Å². The van der Waals surface area contributed by atoms with Gasteiger partial charge in [0.2, 0.25) is 0 Å². The van der Waals surface area contributed by atoms with Crippen molar-refractivity contribution in [2.45, 2.75) is 18.9 Å². The minimum Gasteiger partial charge on any atom is -0.496 e. The summed E-state index contributed by atoms with van der Waals surface area (Å²) in [5.74, 6) is 0.878. The maximum absolute atomic E-state index is 10.5. The molecule has 0 amide bonds.